The van der Waals surface area contributed by atoms with E-state index in [1.807, 2.05) is 0 Å². The Hall–Kier alpha value is -0.810. The lowest BCUT2D eigenvalue weighted by Gasteiger charge is -2.27. The third-order valence-corrected chi connectivity index (χ3v) is 4.81. The molecule has 80 valence electrons. The molecule has 0 radical (unpaired) electrons. The molecule has 0 amide bonds. The topological polar surface area (TPSA) is 80.4 Å². The van der Waals surface area contributed by atoms with Gasteiger partial charge in [-0.2, -0.15) is 0 Å². The Bertz CT molecular complexity index is 370. The van der Waals surface area contributed by atoms with E-state index in [1.54, 1.807) is 25.2 Å². The average molecular weight is 217 g/mol. The van der Waals surface area contributed by atoms with E-state index in [1.165, 1.54) is 0 Å². The molecule has 0 fully saturated rings. The molecule has 0 aromatic carbocycles. The standard InChI is InChI=1S/C9H15NO3S/c1-9(14(12,13)6-5-11)4-2-3-8(10)7-9/h2-4,11H,5-7,10H2,1H3/t9-/m0/s1. The molecule has 0 spiro atoms. The zero-order chi connectivity index (χ0) is 10.8. The lowest BCUT2D eigenvalue weighted by Crippen LogP contribution is -2.38. The summed E-state index contributed by atoms with van der Waals surface area (Å²) in [5.74, 6) is -0.221. The van der Waals surface area contributed by atoms with Gasteiger partial charge in [0, 0.05) is 12.1 Å². The van der Waals surface area contributed by atoms with Crippen LogP contribution in [0, 0.1) is 0 Å². The van der Waals surface area contributed by atoms with Crippen LogP contribution in [0.5, 0.6) is 0 Å². The van der Waals surface area contributed by atoms with E-state index in [0.29, 0.717) is 12.1 Å². The predicted molar refractivity (Wildman–Crippen MR) is 55.3 cm³/mol. The molecule has 5 heteroatoms. The Kier molecular flexibility index (Phi) is 3.01. The molecule has 1 atom stereocenters. The van der Waals surface area contributed by atoms with Crippen LogP contribution in [0.3, 0.4) is 0 Å². The van der Waals surface area contributed by atoms with Crippen molar-refractivity contribution in [3.8, 4) is 0 Å². The van der Waals surface area contributed by atoms with Crippen molar-refractivity contribution < 1.29 is 13.5 Å². The number of rotatable bonds is 3. The second-order valence-corrected chi connectivity index (χ2v) is 6.20. The molecule has 0 heterocycles. The first-order valence-electron chi connectivity index (χ1n) is 4.38. The highest BCUT2D eigenvalue weighted by molar-refractivity contribution is 7.93. The van der Waals surface area contributed by atoms with Gasteiger partial charge in [-0.25, -0.2) is 8.42 Å². The van der Waals surface area contributed by atoms with Crippen LogP contribution in [0.1, 0.15) is 13.3 Å². The van der Waals surface area contributed by atoms with Crippen molar-refractivity contribution in [3.63, 3.8) is 0 Å². The lowest BCUT2D eigenvalue weighted by molar-refractivity contribution is 0.318. The van der Waals surface area contributed by atoms with Gasteiger partial charge in [-0.3, -0.25) is 0 Å². The van der Waals surface area contributed by atoms with E-state index in [2.05, 4.69) is 0 Å². The summed E-state index contributed by atoms with van der Waals surface area (Å²) in [6.45, 7) is 1.27. The molecule has 1 aliphatic carbocycles. The molecule has 0 unspecified atom stereocenters. The Morgan fingerprint density at radius 1 is 1.64 bits per heavy atom. The van der Waals surface area contributed by atoms with Crippen LogP contribution in [0.25, 0.3) is 0 Å². The van der Waals surface area contributed by atoms with Gasteiger partial charge in [-0.1, -0.05) is 12.2 Å². The summed E-state index contributed by atoms with van der Waals surface area (Å²) in [5, 5.41) is 8.66. The van der Waals surface area contributed by atoms with E-state index in [9.17, 15) is 8.42 Å². The summed E-state index contributed by atoms with van der Waals surface area (Å²) in [5.41, 5.74) is 6.14. The van der Waals surface area contributed by atoms with Crippen LogP contribution in [0.15, 0.2) is 23.9 Å². The number of aliphatic hydroxyl groups is 1. The van der Waals surface area contributed by atoms with E-state index < -0.39 is 14.6 Å². The van der Waals surface area contributed by atoms with Gasteiger partial charge < -0.3 is 10.8 Å². The van der Waals surface area contributed by atoms with Crippen molar-refractivity contribution in [3.05, 3.63) is 23.9 Å². The van der Waals surface area contributed by atoms with Gasteiger partial charge in [0.1, 0.15) is 0 Å². The molecule has 0 bridgehead atoms. The van der Waals surface area contributed by atoms with Crippen LogP contribution in [0.2, 0.25) is 0 Å². The Morgan fingerprint density at radius 2 is 2.29 bits per heavy atom. The van der Waals surface area contributed by atoms with Gasteiger partial charge >= 0.3 is 0 Å². The highest BCUT2D eigenvalue weighted by Crippen LogP contribution is 2.29. The number of hydrogen-bond donors (Lipinski definition) is 2. The molecule has 0 aromatic heterocycles. The number of nitrogens with two attached hydrogens (primary N) is 1. The van der Waals surface area contributed by atoms with Gasteiger partial charge in [-0.15, -0.1) is 0 Å². The van der Waals surface area contributed by atoms with Crippen LogP contribution in [-0.2, 0) is 9.84 Å². The van der Waals surface area contributed by atoms with Gasteiger partial charge in [0.2, 0.25) is 0 Å². The minimum absolute atomic E-state index is 0.221. The minimum atomic E-state index is -3.32. The maximum Gasteiger partial charge on any atom is 0.161 e. The minimum Gasteiger partial charge on any atom is -0.402 e. The Morgan fingerprint density at radius 3 is 2.79 bits per heavy atom. The largest absolute Gasteiger partial charge is 0.402 e. The first-order chi connectivity index (χ1) is 6.41. The highest BCUT2D eigenvalue weighted by atomic mass is 32.2. The summed E-state index contributed by atoms with van der Waals surface area (Å²) in [7, 11) is -3.32. The first-order valence-corrected chi connectivity index (χ1v) is 6.03. The van der Waals surface area contributed by atoms with Gasteiger partial charge in [-0.05, 0) is 13.0 Å². The summed E-state index contributed by atoms with van der Waals surface area (Å²) in [4.78, 5) is 0. The summed E-state index contributed by atoms with van der Waals surface area (Å²) in [6, 6.07) is 0. The third-order valence-electron chi connectivity index (χ3n) is 2.38. The lowest BCUT2D eigenvalue weighted by atomic mass is 10.00. The number of hydrogen-bond acceptors (Lipinski definition) is 4. The van der Waals surface area contributed by atoms with E-state index in [-0.39, 0.29) is 12.4 Å². The molecule has 1 rings (SSSR count). The van der Waals surface area contributed by atoms with Gasteiger partial charge in [0.05, 0.1) is 17.1 Å². The Balaban J connectivity index is 2.98. The van der Waals surface area contributed by atoms with E-state index in [0.717, 1.165) is 0 Å². The van der Waals surface area contributed by atoms with Gasteiger partial charge in [0.15, 0.2) is 9.84 Å². The zero-order valence-electron chi connectivity index (χ0n) is 8.10. The van der Waals surface area contributed by atoms with Crippen LogP contribution < -0.4 is 5.73 Å². The molecule has 14 heavy (non-hydrogen) atoms. The van der Waals surface area contributed by atoms with Crippen molar-refractivity contribution >= 4 is 9.84 Å². The maximum atomic E-state index is 11.8. The first kappa shape index (κ1) is 11.3. The normalized spacial score (nSPS) is 27.4. The van der Waals surface area contributed by atoms with Crippen molar-refractivity contribution in [2.45, 2.75) is 18.1 Å². The fourth-order valence-electron chi connectivity index (χ4n) is 1.47. The number of allylic oxidation sites excluding steroid dienone is 3. The van der Waals surface area contributed by atoms with Crippen molar-refractivity contribution in [1.82, 2.24) is 0 Å². The van der Waals surface area contributed by atoms with E-state index >= 15 is 0 Å². The van der Waals surface area contributed by atoms with Crippen molar-refractivity contribution in [1.29, 1.82) is 0 Å². The SMILES string of the molecule is C[C@]1(S(=O)(=O)CCO)C=CC=C(N)C1. The molecular formula is C9H15NO3S. The number of sulfone groups is 1. The number of aliphatic hydroxyl groups excluding tert-OH is 1. The quantitative estimate of drug-likeness (QED) is 0.695. The zero-order valence-corrected chi connectivity index (χ0v) is 8.92. The molecule has 4 nitrogen and oxygen atoms in total. The molecule has 1 aliphatic rings. The second kappa shape index (κ2) is 3.74. The van der Waals surface area contributed by atoms with Crippen LogP contribution in [0.4, 0.5) is 0 Å². The summed E-state index contributed by atoms with van der Waals surface area (Å²) >= 11 is 0. The van der Waals surface area contributed by atoms with Crippen LogP contribution in [-0.4, -0.2) is 30.6 Å². The summed E-state index contributed by atoms with van der Waals surface area (Å²) in [6.07, 6.45) is 5.25. The molecule has 0 saturated carbocycles. The highest BCUT2D eigenvalue weighted by Gasteiger charge is 2.37. The summed E-state index contributed by atoms with van der Waals surface area (Å²) < 4.78 is 22.6. The third kappa shape index (κ3) is 1.99. The fraction of sp³-hybridized carbons (Fsp3) is 0.556. The smallest absolute Gasteiger partial charge is 0.161 e. The van der Waals surface area contributed by atoms with Gasteiger partial charge in [0.25, 0.3) is 0 Å². The maximum absolute atomic E-state index is 11.8. The fourth-order valence-corrected chi connectivity index (χ4v) is 2.84. The van der Waals surface area contributed by atoms with Crippen molar-refractivity contribution in [2.24, 2.45) is 5.73 Å². The average Bonchev–Trinajstić information content (AvgIpc) is 2.03. The Labute approximate surface area is 84.0 Å². The van der Waals surface area contributed by atoms with Crippen molar-refractivity contribution in [2.75, 3.05) is 12.4 Å². The predicted octanol–water partition coefficient (Wildman–Crippen LogP) is -0.0453. The molecule has 0 saturated heterocycles. The molecular weight excluding hydrogens is 202 g/mol. The monoisotopic (exact) mass is 217 g/mol. The molecule has 0 aliphatic heterocycles. The molecule has 0 aromatic rings. The van der Waals surface area contributed by atoms with E-state index in [4.69, 9.17) is 10.8 Å². The van der Waals surface area contributed by atoms with Crippen LogP contribution >= 0.6 is 0 Å². The molecule has 3 N–H and O–H groups in total. The second-order valence-electron chi connectivity index (χ2n) is 3.63.